The smallest absolute Gasteiger partial charge is 0.364 e. The van der Waals surface area contributed by atoms with Crippen LogP contribution < -0.4 is 9.22 Å². The van der Waals surface area contributed by atoms with Crippen LogP contribution in [0.2, 0.25) is 6.32 Å². The molecule has 2 aromatic rings. The fourth-order valence-corrected chi connectivity index (χ4v) is 3.02. The van der Waals surface area contributed by atoms with Gasteiger partial charge < -0.3 is 4.65 Å². The predicted molar refractivity (Wildman–Crippen MR) is 71.7 cm³/mol. The van der Waals surface area contributed by atoms with Gasteiger partial charge in [-0.3, -0.25) is 0 Å². The van der Waals surface area contributed by atoms with E-state index in [2.05, 4.69) is 55.1 Å². The largest absolute Gasteiger partial charge is 0.560 e. The first-order valence-electron chi connectivity index (χ1n) is 6.51. The third-order valence-corrected chi connectivity index (χ3v) is 4.17. The number of benzene rings is 1. The summed E-state index contributed by atoms with van der Waals surface area (Å²) in [6, 6.07) is 10.8. The fraction of sp³-hybridized carbons (Fsp3) is 0.267. The first-order valence-corrected chi connectivity index (χ1v) is 6.51. The zero-order valence-corrected chi connectivity index (χ0v) is 10.7. The molecular formula is C15H15BNO+. The minimum Gasteiger partial charge on any atom is -0.560 e. The number of nitrogens with zero attached hydrogens (tertiary/aromatic N) is 1. The molecule has 1 aromatic heterocycles. The molecule has 88 valence electrons. The first kappa shape index (κ1) is 10.2. The minimum atomic E-state index is 0.471. The first-order chi connectivity index (χ1) is 8.75. The second-order valence-corrected chi connectivity index (χ2v) is 5.35. The summed E-state index contributed by atoms with van der Waals surface area (Å²) in [5.74, 6) is 1.81. The number of aryl methyl sites for hydroxylation is 1. The summed E-state index contributed by atoms with van der Waals surface area (Å²) < 4.78 is 8.16. The van der Waals surface area contributed by atoms with Gasteiger partial charge in [0.1, 0.15) is 12.8 Å². The summed E-state index contributed by atoms with van der Waals surface area (Å²) in [6.07, 6.45) is 3.30. The fourth-order valence-electron chi connectivity index (χ4n) is 3.02. The van der Waals surface area contributed by atoms with Crippen LogP contribution in [0.25, 0.3) is 11.3 Å². The van der Waals surface area contributed by atoms with Gasteiger partial charge in [-0.2, -0.15) is 0 Å². The van der Waals surface area contributed by atoms with Gasteiger partial charge in [-0.05, 0) is 30.9 Å². The molecular weight excluding hydrogens is 221 g/mol. The quantitative estimate of drug-likeness (QED) is 0.547. The van der Waals surface area contributed by atoms with Crippen LogP contribution in [0.1, 0.15) is 16.9 Å². The third-order valence-electron chi connectivity index (χ3n) is 4.17. The van der Waals surface area contributed by atoms with Crippen molar-refractivity contribution in [1.29, 1.82) is 0 Å². The van der Waals surface area contributed by atoms with Gasteiger partial charge >= 0.3 is 6.92 Å². The lowest BCUT2D eigenvalue weighted by atomic mass is 9.90. The Labute approximate surface area is 107 Å². The topological polar surface area (TPSA) is 13.1 Å². The summed E-state index contributed by atoms with van der Waals surface area (Å²) in [5.41, 5.74) is 5.21. The summed E-state index contributed by atoms with van der Waals surface area (Å²) in [6.45, 7) is 2.64. The second-order valence-electron chi connectivity index (χ2n) is 5.35. The average molecular weight is 236 g/mol. The maximum Gasteiger partial charge on any atom is 0.364 e. The molecule has 1 fully saturated rings. The van der Waals surface area contributed by atoms with Crippen LogP contribution in [-0.4, -0.2) is 6.92 Å². The van der Waals surface area contributed by atoms with Crippen LogP contribution in [0.3, 0.4) is 0 Å². The molecule has 0 amide bonds. The maximum atomic E-state index is 6.00. The van der Waals surface area contributed by atoms with E-state index in [0.29, 0.717) is 12.7 Å². The molecule has 1 aromatic carbocycles. The molecule has 2 aliphatic rings. The Morgan fingerprint density at radius 3 is 3.00 bits per heavy atom. The Kier molecular flexibility index (Phi) is 1.91. The Morgan fingerprint density at radius 2 is 2.17 bits per heavy atom. The van der Waals surface area contributed by atoms with Crippen molar-refractivity contribution in [1.82, 2.24) is 0 Å². The molecule has 0 N–H and O–H groups in total. The number of fused-ring (bicyclic) bond motifs is 3. The van der Waals surface area contributed by atoms with Crippen molar-refractivity contribution in [2.75, 3.05) is 0 Å². The molecule has 0 bridgehead atoms. The molecule has 1 atom stereocenters. The molecule has 2 aliphatic heterocycles. The molecule has 0 saturated carbocycles. The number of pyridine rings is 1. The number of rotatable bonds is 1. The Balaban J connectivity index is 1.91. The lowest BCUT2D eigenvalue weighted by molar-refractivity contribution is -0.660. The highest BCUT2D eigenvalue weighted by Crippen LogP contribution is 2.53. The highest BCUT2D eigenvalue weighted by Gasteiger charge is 2.53. The number of aromatic nitrogens is 1. The molecule has 0 radical (unpaired) electrons. The van der Waals surface area contributed by atoms with E-state index < -0.39 is 0 Å². The zero-order valence-electron chi connectivity index (χ0n) is 10.7. The molecule has 18 heavy (non-hydrogen) atoms. The van der Waals surface area contributed by atoms with Gasteiger partial charge in [0.15, 0.2) is 6.20 Å². The van der Waals surface area contributed by atoms with Crippen molar-refractivity contribution in [3.8, 4) is 17.0 Å². The van der Waals surface area contributed by atoms with Gasteiger partial charge in [-0.25, -0.2) is 4.57 Å². The highest BCUT2D eigenvalue weighted by atomic mass is 16.4. The summed E-state index contributed by atoms with van der Waals surface area (Å²) in [5, 5.41) is 0. The lowest BCUT2D eigenvalue weighted by Crippen LogP contribution is -2.30. The summed E-state index contributed by atoms with van der Waals surface area (Å²) in [4.78, 5) is 0. The monoisotopic (exact) mass is 236 g/mol. The van der Waals surface area contributed by atoms with Crippen molar-refractivity contribution >= 4 is 6.92 Å². The van der Waals surface area contributed by atoms with Crippen LogP contribution in [0.4, 0.5) is 0 Å². The number of hydrogen-bond donors (Lipinski definition) is 0. The van der Waals surface area contributed by atoms with Gasteiger partial charge in [0.2, 0.25) is 5.69 Å². The molecule has 3 heteroatoms. The Hall–Kier alpha value is -1.77. The van der Waals surface area contributed by atoms with E-state index in [-0.39, 0.29) is 0 Å². The van der Waals surface area contributed by atoms with Crippen molar-refractivity contribution < 1.29 is 9.22 Å². The van der Waals surface area contributed by atoms with E-state index in [1.807, 2.05) is 0 Å². The highest BCUT2D eigenvalue weighted by molar-refractivity contribution is 6.67. The predicted octanol–water partition coefficient (Wildman–Crippen LogP) is 2.51. The van der Waals surface area contributed by atoms with E-state index >= 15 is 0 Å². The van der Waals surface area contributed by atoms with E-state index in [4.69, 9.17) is 4.65 Å². The third kappa shape index (κ3) is 1.27. The molecule has 1 unspecified atom stereocenters. The molecule has 0 aliphatic carbocycles. The standard InChI is InChI=1S/C15H15BNO/c1-10-11(14-5-3-4-8-17(14)2)6-7-12-13-9-16(13)18-15(10)12/h3-8,13H,9H2,1-2H3/q+1. The average Bonchev–Trinajstić information content (AvgIpc) is 3.05. The van der Waals surface area contributed by atoms with Crippen molar-refractivity contribution in [3.05, 3.63) is 47.7 Å². The minimum absolute atomic E-state index is 0.471. The van der Waals surface area contributed by atoms with Gasteiger partial charge in [-0.1, -0.05) is 6.07 Å². The number of hydrogen-bond acceptors (Lipinski definition) is 1. The van der Waals surface area contributed by atoms with Crippen LogP contribution >= 0.6 is 0 Å². The Bertz CT molecular complexity index is 653. The van der Waals surface area contributed by atoms with Crippen molar-refractivity contribution in [3.63, 3.8) is 0 Å². The Morgan fingerprint density at radius 1 is 1.28 bits per heavy atom. The van der Waals surface area contributed by atoms with Crippen molar-refractivity contribution in [2.45, 2.75) is 19.1 Å². The summed E-state index contributed by atoms with van der Waals surface area (Å²) in [7, 11) is 2.08. The molecule has 2 nitrogen and oxygen atoms in total. The van der Waals surface area contributed by atoms with Crippen LogP contribution in [-0.2, 0) is 7.05 Å². The SMILES string of the molecule is Cc1c(-c2cccc[n+]2C)ccc2c1OB1CC12. The van der Waals surface area contributed by atoms with E-state index in [9.17, 15) is 0 Å². The normalized spacial score (nSPS) is 19.2. The maximum absolute atomic E-state index is 6.00. The van der Waals surface area contributed by atoms with Crippen LogP contribution in [0.5, 0.6) is 5.75 Å². The molecule has 3 heterocycles. The van der Waals surface area contributed by atoms with Gasteiger partial charge in [0.05, 0.1) is 5.56 Å². The van der Waals surface area contributed by atoms with Gasteiger partial charge in [-0.15, -0.1) is 0 Å². The summed E-state index contributed by atoms with van der Waals surface area (Å²) >= 11 is 0. The van der Waals surface area contributed by atoms with Gasteiger partial charge in [0.25, 0.3) is 0 Å². The second kappa shape index (κ2) is 3.38. The van der Waals surface area contributed by atoms with E-state index in [0.717, 1.165) is 5.75 Å². The van der Waals surface area contributed by atoms with Crippen molar-refractivity contribution in [2.24, 2.45) is 7.05 Å². The molecule has 0 spiro atoms. The van der Waals surface area contributed by atoms with E-state index in [1.165, 1.54) is 28.7 Å². The van der Waals surface area contributed by atoms with Crippen LogP contribution in [0.15, 0.2) is 36.5 Å². The molecule has 1 saturated heterocycles. The van der Waals surface area contributed by atoms with E-state index in [1.54, 1.807) is 0 Å². The van der Waals surface area contributed by atoms with Crippen LogP contribution in [0, 0.1) is 6.92 Å². The van der Waals surface area contributed by atoms with Gasteiger partial charge in [0, 0.05) is 23.5 Å². The zero-order chi connectivity index (χ0) is 12.3. The molecule has 4 rings (SSSR count). The lowest BCUT2D eigenvalue weighted by Gasteiger charge is -2.12.